The van der Waals surface area contributed by atoms with Gasteiger partial charge in [0, 0.05) is 32.8 Å². The number of aliphatic hydroxyl groups is 10. The summed E-state index contributed by atoms with van der Waals surface area (Å²) in [6.45, 7) is -4.57. The normalized spacial score (nSPS) is 45.6. The summed E-state index contributed by atoms with van der Waals surface area (Å²) in [6.07, 6.45) is -39.4. The van der Waals surface area contributed by atoms with Gasteiger partial charge in [0.2, 0.25) is 0 Å². The van der Waals surface area contributed by atoms with E-state index in [1.165, 1.54) is 7.11 Å². The molecule has 32 atom stereocenters. The van der Waals surface area contributed by atoms with Gasteiger partial charge in [-0.05, 0) is 5.56 Å². The van der Waals surface area contributed by atoms with Crippen molar-refractivity contribution in [3.05, 3.63) is 35.9 Å². The van der Waals surface area contributed by atoms with Crippen LogP contribution in [-0.4, -0.2) is 334 Å². The maximum Gasteiger partial charge on any atom is 0.397 e. The summed E-state index contributed by atoms with van der Waals surface area (Å²) in [4.78, 5) is 0. The van der Waals surface area contributed by atoms with Gasteiger partial charge in [-0.3, -0.25) is 9.11 Å². The molecule has 536 valence electrons. The molecule has 0 aromatic heterocycles. The van der Waals surface area contributed by atoms with Gasteiger partial charge in [-0.2, -0.15) is 16.8 Å². The summed E-state index contributed by atoms with van der Waals surface area (Å²) >= 11 is 0. The van der Waals surface area contributed by atoms with Crippen molar-refractivity contribution in [3.8, 4) is 0 Å². The number of nitrogens with two attached hydrogens (primary N) is 4. The summed E-state index contributed by atoms with van der Waals surface area (Å²) < 4.78 is 173. The van der Waals surface area contributed by atoms with Crippen LogP contribution in [0.15, 0.2) is 30.3 Å². The highest BCUT2D eigenvalue weighted by molar-refractivity contribution is 7.81. The summed E-state index contributed by atoms with van der Waals surface area (Å²) in [6, 6.07) is 3.80. The highest BCUT2D eigenvalue weighted by Gasteiger charge is 2.54. The molecule has 0 aliphatic carbocycles. The second kappa shape index (κ2) is 33.3. The van der Waals surface area contributed by atoms with Crippen LogP contribution >= 0.6 is 0 Å². The molecule has 0 amide bonds. The van der Waals surface area contributed by atoms with Gasteiger partial charge >= 0.3 is 20.8 Å². The van der Waals surface area contributed by atoms with Crippen LogP contribution in [0.2, 0.25) is 0 Å². The number of aliphatic hydroxyl groups excluding tert-OH is 10. The molecule has 0 saturated carbocycles. The minimum atomic E-state index is -5.14. The zero-order valence-corrected chi connectivity index (χ0v) is 51.6. The van der Waals surface area contributed by atoms with Crippen LogP contribution < -0.4 is 22.9 Å². The molecular weight excluding hydrogens is 1300 g/mol. The van der Waals surface area contributed by atoms with Gasteiger partial charge in [-0.1, -0.05) is 30.3 Å². The molecular formula is C52H86N4O35S2. The van der Waals surface area contributed by atoms with Crippen molar-refractivity contribution in [1.29, 1.82) is 0 Å². The number of ether oxygens (including phenoxy) is 17. The van der Waals surface area contributed by atoms with Crippen molar-refractivity contribution in [3.63, 3.8) is 0 Å². The lowest BCUT2D eigenvalue weighted by Gasteiger charge is -2.47. The lowest BCUT2D eigenvalue weighted by Crippen LogP contribution is -2.66. The fourth-order valence-electron chi connectivity index (χ4n) is 11.7. The minimum Gasteiger partial charge on any atom is -0.394 e. The van der Waals surface area contributed by atoms with Crippen molar-refractivity contribution < 1.29 is 166 Å². The molecule has 0 radical (unpaired) electrons. The van der Waals surface area contributed by atoms with Crippen molar-refractivity contribution >= 4 is 20.8 Å². The molecule has 8 aliphatic rings. The van der Waals surface area contributed by atoms with Crippen LogP contribution in [0.25, 0.3) is 0 Å². The molecule has 39 nitrogen and oxygen atoms in total. The Hall–Kier alpha value is -2.28. The van der Waals surface area contributed by atoms with E-state index >= 15 is 0 Å². The molecule has 8 unspecified atom stereocenters. The molecule has 8 heterocycles. The van der Waals surface area contributed by atoms with Gasteiger partial charge in [0.05, 0.1) is 108 Å². The van der Waals surface area contributed by atoms with Gasteiger partial charge in [0.25, 0.3) is 0 Å². The first kappa shape index (κ1) is 74.9. The Morgan fingerprint density at radius 2 is 0.774 bits per heavy atom. The van der Waals surface area contributed by atoms with Crippen LogP contribution in [0, 0.1) is 0 Å². The fraction of sp³-hybridized carbons (Fsp3) is 0.885. The molecule has 8 aliphatic heterocycles. The first-order chi connectivity index (χ1) is 44.1. The molecule has 93 heavy (non-hydrogen) atoms. The second-order valence-corrected chi connectivity index (χ2v) is 25.7. The predicted molar refractivity (Wildman–Crippen MR) is 297 cm³/mol. The summed E-state index contributed by atoms with van der Waals surface area (Å²) in [5.74, 6) is 0. The number of benzene rings is 1. The zero-order chi connectivity index (χ0) is 67.2. The third kappa shape index (κ3) is 19.4. The number of hydrogen-bond acceptors (Lipinski definition) is 37. The molecule has 0 spiro atoms. The van der Waals surface area contributed by atoms with Gasteiger partial charge in [0.1, 0.15) is 97.7 Å². The Kier molecular flexibility index (Phi) is 26.8. The van der Waals surface area contributed by atoms with Gasteiger partial charge in [0.15, 0.2) is 50.3 Å². The minimum absolute atomic E-state index is 0.0580. The Balaban J connectivity index is 0.728. The quantitative estimate of drug-likeness (QED) is 0.0383. The summed E-state index contributed by atoms with van der Waals surface area (Å²) in [7, 11) is -8.88. The number of hydrogen-bond donors (Lipinski definition) is 16. The highest BCUT2D eigenvalue weighted by atomic mass is 32.3. The smallest absolute Gasteiger partial charge is 0.394 e. The molecule has 8 saturated heterocycles. The second-order valence-electron chi connectivity index (χ2n) is 23.5. The van der Waals surface area contributed by atoms with Crippen LogP contribution in [0.1, 0.15) is 31.2 Å². The maximum absolute atomic E-state index is 11.8. The Labute approximate surface area is 532 Å². The average Bonchev–Trinajstić information content (AvgIpc) is 1.18. The van der Waals surface area contributed by atoms with Gasteiger partial charge in [-0.25, -0.2) is 8.37 Å². The molecule has 8 fully saturated rings. The topological polar surface area (TPSA) is 590 Å². The van der Waals surface area contributed by atoms with Crippen LogP contribution in [0.3, 0.4) is 0 Å². The van der Waals surface area contributed by atoms with E-state index < -0.39 is 264 Å². The predicted octanol–water partition coefficient (Wildman–Crippen LogP) is -9.38. The van der Waals surface area contributed by atoms with Crippen LogP contribution in [-0.2, 0) is 116 Å². The third-order valence-corrected chi connectivity index (χ3v) is 17.8. The lowest BCUT2D eigenvalue weighted by molar-refractivity contribution is -0.350. The van der Waals surface area contributed by atoms with E-state index in [1.807, 2.05) is 30.3 Å². The molecule has 1 aromatic rings. The lowest BCUT2D eigenvalue weighted by atomic mass is 9.96. The largest absolute Gasteiger partial charge is 0.397 e. The Morgan fingerprint density at radius 1 is 0.441 bits per heavy atom. The van der Waals surface area contributed by atoms with Crippen molar-refractivity contribution in [2.75, 3.05) is 60.0 Å². The summed E-state index contributed by atoms with van der Waals surface area (Å²) in [5.41, 5.74) is 26.0. The van der Waals surface area contributed by atoms with Crippen molar-refractivity contribution in [1.82, 2.24) is 0 Å². The van der Waals surface area contributed by atoms with Crippen molar-refractivity contribution in [2.24, 2.45) is 22.9 Å². The first-order valence-corrected chi connectivity index (χ1v) is 32.6. The molecule has 20 N–H and O–H groups in total. The van der Waals surface area contributed by atoms with E-state index in [0.29, 0.717) is 0 Å². The van der Waals surface area contributed by atoms with E-state index in [-0.39, 0.29) is 38.9 Å². The van der Waals surface area contributed by atoms with E-state index in [9.17, 15) is 72.5 Å². The van der Waals surface area contributed by atoms with E-state index in [2.05, 4.69) is 8.37 Å². The summed E-state index contributed by atoms with van der Waals surface area (Å²) in [5, 5.41) is 110. The van der Waals surface area contributed by atoms with E-state index in [1.54, 1.807) is 0 Å². The van der Waals surface area contributed by atoms with Gasteiger partial charge < -0.3 is 155 Å². The third-order valence-electron chi connectivity index (χ3n) is 16.9. The molecule has 1 aromatic carbocycles. The molecule has 41 heteroatoms. The van der Waals surface area contributed by atoms with E-state index in [4.69, 9.17) is 108 Å². The molecule has 9 rings (SSSR count). The maximum atomic E-state index is 11.8. The zero-order valence-electron chi connectivity index (χ0n) is 49.9. The van der Waals surface area contributed by atoms with Crippen LogP contribution in [0.5, 0.6) is 0 Å². The number of rotatable bonds is 26. The average molecular weight is 1390 g/mol. The standard InChI is InChI=1S/C52H86N4O35S2/c1-73-49-37(53)41(63)47(31(86-49)18-79-92(67,68)69)89-34-8-22(60)28(15-77-34)83-50-38(54)42(64)45(26(11-57)81-50)88-33-7-21(59)30(17-76-33)85-52-40(56)44(66)48(32(87-52)19-80-93(70,71)72)90-35-9-23(61)29(16-78-35)84-51-39(55)43(65)46(27(12-58)82-51)91-36-10-25(24(62)14-75-36)74-13-20-5-3-2-4-6-20/h2-6,21-52,57-66H,7-19,53-56H2,1H3,(H,67,68,69)(H,70,71,72)/t21-,22-,23-,24+,25-,26?,27?,28+,29+,30+,31?,32?,33-,34-,35-,36-,37?,38?,39?,40?,41+,42+,43+,44+,45-,46-,47+,48+,49-,50+,51-,52-/m0/s1. The number of methoxy groups -OCH3 is 1. The SMILES string of the molecule is CO[C@H]1OC(COS(=O)(=O)O)[C@@H](O[C@H]2C[C@H](O)[C@H](O[C@H]3OC(CO)[C@H](O[C@H]4C[C@H](O)[C@H](O[C@H]5OC(COS(=O)(=O)O)[C@@H](O[C@H]6C[C@H](O)[C@H](O[C@@H]7OC(CO)[C@H](O[C@H]8C[C@H](OCc9ccccc9)[C@H](O)CO8)[C@H](O)C7N)CO6)[C@H](O)C5N)CO4)[C@H](O)C3N)CO2)[C@H](O)C1N. The monoisotopic (exact) mass is 1390 g/mol. The first-order valence-electron chi connectivity index (χ1n) is 29.9. The van der Waals surface area contributed by atoms with E-state index in [0.717, 1.165) is 5.56 Å². The van der Waals surface area contributed by atoms with Crippen LogP contribution in [0.4, 0.5) is 0 Å². The highest BCUT2D eigenvalue weighted by Crippen LogP contribution is 2.36. The molecule has 0 bridgehead atoms. The Bertz CT molecular complexity index is 2680. The fourth-order valence-corrected chi connectivity index (χ4v) is 12.4. The van der Waals surface area contributed by atoms with Gasteiger partial charge in [-0.15, -0.1) is 0 Å². The van der Waals surface area contributed by atoms with Crippen molar-refractivity contribution in [2.45, 2.75) is 229 Å². The Morgan fingerprint density at radius 3 is 1.13 bits per heavy atom.